The summed E-state index contributed by atoms with van der Waals surface area (Å²) in [4.78, 5) is 35.8. The molecule has 1 aliphatic rings. The predicted octanol–water partition coefficient (Wildman–Crippen LogP) is 3.06. The minimum Gasteiger partial charge on any atom is -0.361 e. The number of aromatic amines is 1. The van der Waals surface area contributed by atoms with Gasteiger partial charge in [0.1, 0.15) is 5.70 Å². The molecule has 1 saturated heterocycles. The topological polar surface area (TPSA) is 139 Å². The summed E-state index contributed by atoms with van der Waals surface area (Å²) >= 11 is 6.00. The number of nitrogens with zero attached hydrogens (tertiary/aromatic N) is 2. The first-order valence-corrected chi connectivity index (χ1v) is 10.9. The van der Waals surface area contributed by atoms with Crippen LogP contribution in [-0.4, -0.2) is 31.9 Å². The van der Waals surface area contributed by atoms with E-state index in [1.54, 1.807) is 54.7 Å². The molecule has 1 aromatic heterocycles. The molecule has 2 heterocycles. The Morgan fingerprint density at radius 2 is 2.00 bits per heavy atom. The molecular weight excluding hydrogens is 443 g/mol. The highest BCUT2D eigenvalue weighted by atomic mass is 35.5. The SMILES string of the molecule is N#Cc1ccc(CN2C(=O)/C(=C/c3c[nH]c4cc(Cl)ccc34)NC2OP(=O)(O)O)cc1. The van der Waals surface area contributed by atoms with Crippen LogP contribution in [0.3, 0.4) is 0 Å². The third-order valence-electron chi connectivity index (χ3n) is 4.70. The first kappa shape index (κ1) is 21.1. The first-order chi connectivity index (χ1) is 14.7. The quantitative estimate of drug-likeness (QED) is 0.340. The van der Waals surface area contributed by atoms with E-state index < -0.39 is 20.1 Å². The number of halogens is 1. The number of nitriles is 1. The molecule has 1 unspecified atom stereocenters. The van der Waals surface area contributed by atoms with Gasteiger partial charge in [0.25, 0.3) is 5.91 Å². The Kier molecular flexibility index (Phi) is 5.58. The van der Waals surface area contributed by atoms with Crippen molar-refractivity contribution in [1.82, 2.24) is 15.2 Å². The lowest BCUT2D eigenvalue weighted by Crippen LogP contribution is -2.38. The van der Waals surface area contributed by atoms with Crippen LogP contribution in [0.5, 0.6) is 0 Å². The third kappa shape index (κ3) is 4.64. The average molecular weight is 459 g/mol. The van der Waals surface area contributed by atoms with Crippen LogP contribution in [0.1, 0.15) is 16.7 Å². The molecule has 11 heteroatoms. The van der Waals surface area contributed by atoms with E-state index in [0.29, 0.717) is 21.7 Å². The molecule has 3 aromatic rings. The second-order valence-corrected chi connectivity index (χ2v) is 8.45. The van der Waals surface area contributed by atoms with Gasteiger partial charge in [-0.25, -0.2) is 9.09 Å². The lowest BCUT2D eigenvalue weighted by molar-refractivity contribution is -0.131. The van der Waals surface area contributed by atoms with Crippen LogP contribution in [0.2, 0.25) is 5.02 Å². The van der Waals surface area contributed by atoms with Crippen LogP contribution in [0.4, 0.5) is 0 Å². The molecule has 0 spiro atoms. The van der Waals surface area contributed by atoms with Crippen molar-refractivity contribution >= 4 is 42.3 Å². The number of H-pyrrole nitrogens is 1. The average Bonchev–Trinajstić information content (AvgIpc) is 3.23. The van der Waals surface area contributed by atoms with E-state index in [-0.39, 0.29) is 12.2 Å². The maximum Gasteiger partial charge on any atom is 0.472 e. The van der Waals surface area contributed by atoms with Crippen molar-refractivity contribution in [2.24, 2.45) is 0 Å². The van der Waals surface area contributed by atoms with Crippen LogP contribution in [0.15, 0.2) is 54.4 Å². The number of hydrogen-bond acceptors (Lipinski definition) is 5. The van der Waals surface area contributed by atoms with E-state index >= 15 is 0 Å². The Morgan fingerprint density at radius 3 is 2.68 bits per heavy atom. The van der Waals surface area contributed by atoms with E-state index in [1.807, 2.05) is 6.07 Å². The summed E-state index contributed by atoms with van der Waals surface area (Å²) < 4.78 is 16.2. The van der Waals surface area contributed by atoms with Crippen molar-refractivity contribution in [2.45, 2.75) is 12.9 Å². The number of hydrogen-bond donors (Lipinski definition) is 4. The maximum atomic E-state index is 13.0. The van der Waals surface area contributed by atoms with Gasteiger partial charge < -0.3 is 20.1 Å². The number of benzene rings is 2. The molecule has 1 amide bonds. The standard InChI is InChI=1S/C20H16ClN4O5P/c21-15-5-6-16-14(10-23-17(16)8-15)7-18-19(26)25(20(24-18)30-31(27,28)29)11-13-3-1-12(9-22)2-4-13/h1-8,10,20,23-24H,11H2,(H2,27,28,29)/b18-7-. The molecular formula is C20H16ClN4O5P. The fourth-order valence-corrected chi connectivity index (χ4v) is 3.88. The van der Waals surface area contributed by atoms with Gasteiger partial charge in [0.15, 0.2) is 0 Å². The molecule has 2 aromatic carbocycles. The Bertz CT molecular complexity index is 1270. The fourth-order valence-electron chi connectivity index (χ4n) is 3.28. The molecule has 0 aliphatic carbocycles. The largest absolute Gasteiger partial charge is 0.472 e. The molecule has 1 fully saturated rings. The molecule has 1 atom stereocenters. The minimum absolute atomic E-state index is 0.0169. The number of rotatable bonds is 5. The zero-order chi connectivity index (χ0) is 22.2. The molecule has 0 saturated carbocycles. The highest BCUT2D eigenvalue weighted by Crippen LogP contribution is 2.39. The van der Waals surface area contributed by atoms with E-state index in [0.717, 1.165) is 15.8 Å². The molecule has 31 heavy (non-hydrogen) atoms. The fraction of sp³-hybridized carbons (Fsp3) is 0.100. The van der Waals surface area contributed by atoms with Crippen molar-refractivity contribution in [2.75, 3.05) is 0 Å². The second-order valence-electron chi connectivity index (χ2n) is 6.83. The lowest BCUT2D eigenvalue weighted by Gasteiger charge is -2.23. The third-order valence-corrected chi connectivity index (χ3v) is 5.41. The zero-order valence-corrected chi connectivity index (χ0v) is 17.5. The van der Waals surface area contributed by atoms with Crippen molar-refractivity contribution in [3.05, 3.63) is 76.1 Å². The summed E-state index contributed by atoms with van der Waals surface area (Å²) in [5.41, 5.74) is 2.71. The number of phosphoric acid groups is 1. The second kappa shape index (κ2) is 8.19. The molecule has 1 aliphatic heterocycles. The van der Waals surface area contributed by atoms with Crippen LogP contribution in [0, 0.1) is 11.3 Å². The smallest absolute Gasteiger partial charge is 0.361 e. The van der Waals surface area contributed by atoms with Crippen LogP contribution >= 0.6 is 19.4 Å². The summed E-state index contributed by atoms with van der Waals surface area (Å²) in [6.45, 7) is 0.0169. The highest BCUT2D eigenvalue weighted by Gasteiger charge is 2.39. The van der Waals surface area contributed by atoms with Crippen molar-refractivity contribution in [3.63, 3.8) is 0 Å². The Morgan fingerprint density at radius 1 is 1.26 bits per heavy atom. The van der Waals surface area contributed by atoms with E-state index in [9.17, 15) is 19.1 Å². The number of fused-ring (bicyclic) bond motifs is 1. The van der Waals surface area contributed by atoms with Gasteiger partial charge in [-0.1, -0.05) is 29.8 Å². The van der Waals surface area contributed by atoms with Crippen molar-refractivity contribution < 1.29 is 23.7 Å². The minimum atomic E-state index is -4.89. The molecule has 0 radical (unpaired) electrons. The van der Waals surface area contributed by atoms with Gasteiger partial charge in [0.05, 0.1) is 18.2 Å². The maximum absolute atomic E-state index is 13.0. The molecule has 158 valence electrons. The molecule has 4 N–H and O–H groups in total. The molecule has 0 bridgehead atoms. The van der Waals surface area contributed by atoms with Gasteiger partial charge in [-0.3, -0.25) is 9.69 Å². The lowest BCUT2D eigenvalue weighted by atomic mass is 10.1. The van der Waals surface area contributed by atoms with Crippen LogP contribution < -0.4 is 5.32 Å². The number of amides is 1. The van der Waals surface area contributed by atoms with E-state index in [2.05, 4.69) is 10.3 Å². The van der Waals surface area contributed by atoms with Crippen molar-refractivity contribution in [1.29, 1.82) is 5.26 Å². The Hall–Kier alpha value is -3.12. The summed E-state index contributed by atoms with van der Waals surface area (Å²) in [6, 6.07) is 13.8. The monoisotopic (exact) mass is 458 g/mol. The zero-order valence-electron chi connectivity index (χ0n) is 15.8. The molecule has 9 nitrogen and oxygen atoms in total. The van der Waals surface area contributed by atoms with E-state index in [1.165, 1.54) is 0 Å². The Balaban J connectivity index is 1.66. The van der Waals surface area contributed by atoms with Gasteiger partial charge >= 0.3 is 7.82 Å². The highest BCUT2D eigenvalue weighted by molar-refractivity contribution is 7.46. The summed E-state index contributed by atoms with van der Waals surface area (Å²) in [5.74, 6) is -0.494. The normalized spacial score (nSPS) is 17.9. The number of aromatic nitrogens is 1. The van der Waals surface area contributed by atoms with Gasteiger partial charge in [0, 0.05) is 27.7 Å². The molecule has 4 rings (SSSR count). The number of nitrogens with one attached hydrogen (secondary N) is 2. The summed E-state index contributed by atoms with van der Waals surface area (Å²) in [7, 11) is -4.89. The van der Waals surface area contributed by atoms with Crippen LogP contribution in [0.25, 0.3) is 17.0 Å². The van der Waals surface area contributed by atoms with E-state index in [4.69, 9.17) is 21.4 Å². The van der Waals surface area contributed by atoms with Gasteiger partial charge in [0.2, 0.25) is 6.35 Å². The van der Waals surface area contributed by atoms with Gasteiger partial charge in [-0.2, -0.15) is 5.26 Å². The predicted molar refractivity (Wildman–Crippen MR) is 113 cm³/mol. The summed E-state index contributed by atoms with van der Waals surface area (Å²) in [5, 5.41) is 13.0. The summed E-state index contributed by atoms with van der Waals surface area (Å²) in [6.07, 6.45) is 1.91. The van der Waals surface area contributed by atoms with Gasteiger partial charge in [-0.15, -0.1) is 0 Å². The Labute approximate surface area is 181 Å². The van der Waals surface area contributed by atoms with Crippen molar-refractivity contribution in [3.8, 4) is 6.07 Å². The van der Waals surface area contributed by atoms with Gasteiger partial charge in [-0.05, 0) is 35.9 Å². The number of phosphoric ester groups is 1. The van der Waals surface area contributed by atoms with Crippen LogP contribution in [-0.2, 0) is 20.4 Å². The first-order valence-electron chi connectivity index (χ1n) is 9.02. The number of carbonyl (C=O) groups is 1. The number of carbonyl (C=O) groups excluding carboxylic acids is 1.